The number of halogens is 2. The Kier molecular flexibility index (Phi) is 3.14. The van der Waals surface area contributed by atoms with Crippen LogP contribution in [0.3, 0.4) is 0 Å². The van der Waals surface area contributed by atoms with Gasteiger partial charge in [-0.05, 0) is 24.3 Å². The zero-order valence-electron chi connectivity index (χ0n) is 8.11. The molecule has 1 aromatic heterocycles. The minimum Gasteiger partial charge on any atom is -0.360 e. The quantitative estimate of drug-likeness (QED) is 0.643. The monoisotopic (exact) mass is 283 g/mol. The number of hydrogen-bond acceptors (Lipinski definition) is 3. The number of benzene rings is 1. The maximum atomic E-state index is 12.7. The molecule has 0 fully saturated rings. The fourth-order valence-corrected chi connectivity index (χ4v) is 1.50. The third kappa shape index (κ3) is 2.19. The maximum Gasteiger partial charge on any atom is 0.214 e. The Bertz CT molecular complexity index is 507. The second-order valence-electron chi connectivity index (χ2n) is 3.15. The lowest BCUT2D eigenvalue weighted by molar-refractivity contribution is 0.103. The smallest absolute Gasteiger partial charge is 0.214 e. The van der Waals surface area contributed by atoms with Crippen molar-refractivity contribution in [2.75, 3.05) is 0 Å². The van der Waals surface area contributed by atoms with Gasteiger partial charge in [0.25, 0.3) is 0 Å². The summed E-state index contributed by atoms with van der Waals surface area (Å²) in [7, 11) is 0. The van der Waals surface area contributed by atoms with Gasteiger partial charge in [0.2, 0.25) is 5.78 Å². The molecule has 82 valence electrons. The SMILES string of the molecule is O=C(c1ccc(F)cc1)c1cc(CBr)on1. The largest absolute Gasteiger partial charge is 0.360 e. The molecule has 1 heterocycles. The molecular formula is C11H7BrFNO2. The van der Waals surface area contributed by atoms with Crippen LogP contribution < -0.4 is 0 Å². The van der Waals surface area contributed by atoms with Crippen molar-refractivity contribution >= 4 is 21.7 Å². The van der Waals surface area contributed by atoms with Crippen molar-refractivity contribution < 1.29 is 13.7 Å². The maximum absolute atomic E-state index is 12.7. The second kappa shape index (κ2) is 4.57. The highest BCUT2D eigenvalue weighted by molar-refractivity contribution is 9.08. The highest BCUT2D eigenvalue weighted by Gasteiger charge is 2.14. The average molecular weight is 284 g/mol. The Morgan fingerprint density at radius 2 is 2.06 bits per heavy atom. The van der Waals surface area contributed by atoms with E-state index in [0.29, 0.717) is 16.7 Å². The molecule has 0 radical (unpaired) electrons. The van der Waals surface area contributed by atoms with E-state index in [1.54, 1.807) is 6.07 Å². The molecular weight excluding hydrogens is 277 g/mol. The fraction of sp³-hybridized carbons (Fsp3) is 0.0909. The first-order chi connectivity index (χ1) is 7.70. The lowest BCUT2D eigenvalue weighted by Gasteiger charge is -1.95. The van der Waals surface area contributed by atoms with Gasteiger partial charge in [-0.1, -0.05) is 21.1 Å². The molecule has 0 N–H and O–H groups in total. The molecule has 0 bridgehead atoms. The van der Waals surface area contributed by atoms with Crippen molar-refractivity contribution in [3.8, 4) is 0 Å². The van der Waals surface area contributed by atoms with Gasteiger partial charge in [-0.15, -0.1) is 0 Å². The van der Waals surface area contributed by atoms with E-state index in [4.69, 9.17) is 4.52 Å². The fourth-order valence-electron chi connectivity index (χ4n) is 1.23. The van der Waals surface area contributed by atoms with Gasteiger partial charge in [-0.3, -0.25) is 4.79 Å². The van der Waals surface area contributed by atoms with Crippen LogP contribution in [0.5, 0.6) is 0 Å². The number of alkyl halides is 1. The highest BCUT2D eigenvalue weighted by Crippen LogP contribution is 2.13. The number of hydrogen-bond donors (Lipinski definition) is 0. The minimum atomic E-state index is -0.377. The molecule has 0 spiro atoms. The van der Waals surface area contributed by atoms with Crippen LogP contribution in [0, 0.1) is 5.82 Å². The van der Waals surface area contributed by atoms with E-state index >= 15 is 0 Å². The van der Waals surface area contributed by atoms with Crippen LogP contribution in [0.2, 0.25) is 0 Å². The summed E-state index contributed by atoms with van der Waals surface area (Å²) in [6, 6.07) is 6.86. The molecule has 0 aliphatic heterocycles. The molecule has 0 saturated carbocycles. The number of nitrogens with zero attached hydrogens (tertiary/aromatic N) is 1. The van der Waals surface area contributed by atoms with Crippen molar-refractivity contribution in [1.82, 2.24) is 5.16 Å². The molecule has 5 heteroatoms. The van der Waals surface area contributed by atoms with Gasteiger partial charge in [-0.25, -0.2) is 4.39 Å². The minimum absolute atomic E-state index is 0.223. The Hall–Kier alpha value is -1.49. The predicted octanol–water partition coefficient (Wildman–Crippen LogP) is 2.94. The van der Waals surface area contributed by atoms with Gasteiger partial charge in [-0.2, -0.15) is 0 Å². The van der Waals surface area contributed by atoms with Gasteiger partial charge in [0, 0.05) is 11.6 Å². The van der Waals surface area contributed by atoms with E-state index in [0.717, 1.165) is 0 Å². The number of rotatable bonds is 3. The van der Waals surface area contributed by atoms with E-state index in [1.165, 1.54) is 24.3 Å². The van der Waals surface area contributed by atoms with Crippen molar-refractivity contribution in [2.45, 2.75) is 5.33 Å². The summed E-state index contributed by atoms with van der Waals surface area (Å²) in [6.45, 7) is 0. The third-order valence-electron chi connectivity index (χ3n) is 2.03. The standard InChI is InChI=1S/C11H7BrFNO2/c12-6-9-5-10(14-16-9)11(15)7-1-3-8(13)4-2-7/h1-5H,6H2. The number of carbonyl (C=O) groups is 1. The molecule has 0 amide bonds. The van der Waals surface area contributed by atoms with Crippen LogP contribution in [0.4, 0.5) is 4.39 Å². The molecule has 2 rings (SSSR count). The zero-order chi connectivity index (χ0) is 11.5. The van der Waals surface area contributed by atoms with E-state index < -0.39 is 0 Å². The topological polar surface area (TPSA) is 43.1 Å². The summed E-state index contributed by atoms with van der Waals surface area (Å²) >= 11 is 3.19. The first-order valence-corrected chi connectivity index (χ1v) is 5.64. The Morgan fingerprint density at radius 1 is 1.38 bits per heavy atom. The van der Waals surface area contributed by atoms with Crippen molar-refractivity contribution in [3.63, 3.8) is 0 Å². The van der Waals surface area contributed by atoms with Crippen LogP contribution >= 0.6 is 15.9 Å². The van der Waals surface area contributed by atoms with Gasteiger partial charge in [0.05, 0.1) is 5.33 Å². The average Bonchev–Trinajstić information content (AvgIpc) is 2.77. The molecule has 0 saturated heterocycles. The summed E-state index contributed by atoms with van der Waals surface area (Å²) < 4.78 is 17.5. The van der Waals surface area contributed by atoms with Crippen LogP contribution in [0.25, 0.3) is 0 Å². The highest BCUT2D eigenvalue weighted by atomic mass is 79.9. The molecule has 0 aliphatic carbocycles. The first-order valence-electron chi connectivity index (χ1n) is 4.52. The molecule has 0 aliphatic rings. The van der Waals surface area contributed by atoms with E-state index in [1.807, 2.05) is 0 Å². The van der Waals surface area contributed by atoms with E-state index in [-0.39, 0.29) is 17.3 Å². The normalized spacial score (nSPS) is 10.4. The predicted molar refractivity (Wildman–Crippen MR) is 59.0 cm³/mol. The summed E-state index contributed by atoms with van der Waals surface area (Å²) in [6.07, 6.45) is 0. The number of carbonyl (C=O) groups excluding carboxylic acids is 1. The van der Waals surface area contributed by atoms with Crippen molar-refractivity contribution in [1.29, 1.82) is 0 Å². The van der Waals surface area contributed by atoms with Gasteiger partial charge < -0.3 is 4.52 Å². The van der Waals surface area contributed by atoms with Crippen molar-refractivity contribution in [2.24, 2.45) is 0 Å². The van der Waals surface area contributed by atoms with Gasteiger partial charge in [0.1, 0.15) is 11.6 Å². The Labute approximate surface area is 99.4 Å². The molecule has 3 nitrogen and oxygen atoms in total. The Balaban J connectivity index is 2.28. The molecule has 0 unspecified atom stereocenters. The third-order valence-corrected chi connectivity index (χ3v) is 2.58. The zero-order valence-corrected chi connectivity index (χ0v) is 9.70. The van der Waals surface area contributed by atoms with Crippen LogP contribution in [0.15, 0.2) is 34.9 Å². The summed E-state index contributed by atoms with van der Waals surface area (Å²) in [5.41, 5.74) is 0.608. The lowest BCUT2D eigenvalue weighted by atomic mass is 10.1. The molecule has 2 aromatic rings. The molecule has 0 atom stereocenters. The second-order valence-corrected chi connectivity index (χ2v) is 3.71. The summed E-state index contributed by atoms with van der Waals surface area (Å²) in [5.74, 6) is -0.0840. The number of ketones is 1. The summed E-state index contributed by atoms with van der Waals surface area (Å²) in [4.78, 5) is 11.8. The van der Waals surface area contributed by atoms with E-state index in [2.05, 4.69) is 21.1 Å². The first kappa shape index (κ1) is 11.0. The van der Waals surface area contributed by atoms with Crippen LogP contribution in [-0.2, 0) is 5.33 Å². The number of aromatic nitrogens is 1. The van der Waals surface area contributed by atoms with Gasteiger partial charge in [0.15, 0.2) is 5.69 Å². The Morgan fingerprint density at radius 3 is 2.62 bits per heavy atom. The lowest BCUT2D eigenvalue weighted by Crippen LogP contribution is -2.01. The molecule has 1 aromatic carbocycles. The van der Waals surface area contributed by atoms with Crippen LogP contribution in [-0.4, -0.2) is 10.9 Å². The van der Waals surface area contributed by atoms with Crippen molar-refractivity contribution in [3.05, 3.63) is 53.2 Å². The van der Waals surface area contributed by atoms with Crippen LogP contribution in [0.1, 0.15) is 21.8 Å². The molecule has 16 heavy (non-hydrogen) atoms. The van der Waals surface area contributed by atoms with Gasteiger partial charge >= 0.3 is 0 Å². The van der Waals surface area contributed by atoms with E-state index in [9.17, 15) is 9.18 Å². The summed E-state index contributed by atoms with van der Waals surface area (Å²) in [5, 5.41) is 4.13.